The number of hydrogen-bond acceptors (Lipinski definition) is 21. The molecule has 0 aliphatic carbocycles. The van der Waals surface area contributed by atoms with Crippen molar-refractivity contribution < 1.29 is 60.6 Å². The number of ether oxygens (including phenoxy) is 3. The van der Waals surface area contributed by atoms with Crippen LogP contribution >= 0.6 is 22.3 Å². The minimum atomic E-state index is -3.55. The predicted octanol–water partition coefficient (Wildman–Crippen LogP) is 4.16. The fraction of sp³-hybridized carbons (Fsp3) is 0.348. The number of esters is 3. The van der Waals surface area contributed by atoms with Crippen molar-refractivity contribution in [1.29, 1.82) is 0 Å². The van der Waals surface area contributed by atoms with E-state index in [1.807, 2.05) is 23.2 Å². The van der Waals surface area contributed by atoms with Crippen LogP contribution < -0.4 is 22.1 Å². The summed E-state index contributed by atoms with van der Waals surface area (Å²) in [6, 6.07) is 21.4. The highest BCUT2D eigenvalue weighted by molar-refractivity contribution is 8.13. The second kappa shape index (κ2) is 40.3. The molecule has 0 aliphatic rings. The third-order valence-corrected chi connectivity index (χ3v) is 10.1. The quantitative estimate of drug-likeness (QED) is 0.0259. The van der Waals surface area contributed by atoms with Gasteiger partial charge in [0.2, 0.25) is 0 Å². The number of halogens is 2. The van der Waals surface area contributed by atoms with E-state index in [0.717, 1.165) is 19.8 Å². The lowest BCUT2D eigenvalue weighted by atomic mass is 10.2. The highest BCUT2D eigenvalue weighted by atomic mass is 35.7. The van der Waals surface area contributed by atoms with Gasteiger partial charge in [0.05, 0.1) is 26.2 Å². The number of aromatic nitrogens is 5. The first-order chi connectivity index (χ1) is 34.7. The zero-order chi connectivity index (χ0) is 55.8. The molecule has 4 heterocycles. The molecule has 1 aromatic carbocycles. The molecular weight excluding hydrogens is 1020 g/mol. The molecule has 0 saturated heterocycles. The molecule has 0 fully saturated rings. The maximum Gasteiger partial charge on any atom is 0.398 e. The van der Waals surface area contributed by atoms with Gasteiger partial charge in [0.15, 0.2) is 0 Å². The molecule has 0 spiro atoms. The molecule has 0 unspecified atom stereocenters. The van der Waals surface area contributed by atoms with Crippen LogP contribution in [-0.2, 0) is 42.4 Å². The number of hydrazine groups is 2. The highest BCUT2D eigenvalue weighted by Gasteiger charge is 2.17. The molecule has 0 atom stereocenters. The molecule has 400 valence electrons. The first-order valence-electron chi connectivity index (χ1n) is 21.8. The summed E-state index contributed by atoms with van der Waals surface area (Å²) >= 11 is 4.61. The number of rotatable bonds is 12. The van der Waals surface area contributed by atoms with Crippen molar-refractivity contribution in [3.05, 3.63) is 120 Å². The Morgan fingerprint density at radius 1 is 0.616 bits per heavy atom. The van der Waals surface area contributed by atoms with Crippen LogP contribution in [0.1, 0.15) is 78.8 Å². The Hall–Kier alpha value is -7.29. The number of pyridine rings is 3. The van der Waals surface area contributed by atoms with Crippen LogP contribution in [-0.4, -0.2) is 145 Å². The van der Waals surface area contributed by atoms with E-state index in [1.165, 1.54) is 77.0 Å². The summed E-state index contributed by atoms with van der Waals surface area (Å²) in [5, 5.41) is 6.11. The van der Waals surface area contributed by atoms with E-state index in [1.54, 1.807) is 66.9 Å². The van der Waals surface area contributed by atoms with Crippen molar-refractivity contribution in [3.63, 3.8) is 0 Å². The van der Waals surface area contributed by atoms with Crippen LogP contribution in [0.25, 0.3) is 11.6 Å². The zero-order valence-electron chi connectivity index (χ0n) is 42.2. The zero-order valence-corrected chi connectivity index (χ0v) is 44.5. The summed E-state index contributed by atoms with van der Waals surface area (Å²) in [4.78, 5) is 90.5. The third-order valence-electron chi connectivity index (χ3n) is 8.59. The fourth-order valence-electron chi connectivity index (χ4n) is 4.50. The lowest BCUT2D eigenvalue weighted by molar-refractivity contribution is -0.153. The van der Waals surface area contributed by atoms with Gasteiger partial charge in [-0.2, -0.15) is 0 Å². The molecule has 0 bridgehead atoms. The normalized spacial score (nSPS) is 9.68. The largest absolute Gasteiger partial charge is 0.462 e. The number of carbonyl (C=O) groups excluding carboxylic acids is 7. The molecule has 5 rings (SSSR count). The molecule has 24 nitrogen and oxygen atoms in total. The van der Waals surface area contributed by atoms with E-state index in [0.29, 0.717) is 11.4 Å². The van der Waals surface area contributed by atoms with Crippen molar-refractivity contribution in [2.24, 2.45) is 5.84 Å². The van der Waals surface area contributed by atoms with Gasteiger partial charge in [-0.3, -0.25) is 50.4 Å². The summed E-state index contributed by atoms with van der Waals surface area (Å²) in [7, 11) is 4.92. The molecule has 4 aromatic heterocycles. The molecule has 0 radical (unpaired) electrons. The maximum absolute atomic E-state index is 11.3. The van der Waals surface area contributed by atoms with Crippen molar-refractivity contribution in [2.45, 2.75) is 53.4 Å². The number of nitrogens with zero attached hydrogens (tertiary/aromatic N) is 7. The average molecular weight is 1080 g/mol. The number of nitrogens with two attached hydrogens (primary N) is 1. The summed E-state index contributed by atoms with van der Waals surface area (Å²) < 4.78 is 38.9. The molecule has 5 N–H and O–H groups in total. The highest BCUT2D eigenvalue weighted by Crippen LogP contribution is 2.15. The van der Waals surface area contributed by atoms with Gasteiger partial charge in [0, 0.05) is 29.3 Å². The van der Waals surface area contributed by atoms with Gasteiger partial charge in [0.1, 0.15) is 17.1 Å². The van der Waals surface area contributed by atoms with Crippen LogP contribution in [0.3, 0.4) is 0 Å². The summed E-state index contributed by atoms with van der Waals surface area (Å²) in [6.07, 6.45) is 4.55. The molecule has 5 aromatic rings. The first-order valence-corrected chi connectivity index (χ1v) is 24.5. The van der Waals surface area contributed by atoms with Crippen LogP contribution in [0.4, 0.5) is 0 Å². The lowest BCUT2D eigenvalue weighted by Crippen LogP contribution is -2.45. The number of benzene rings is 1. The first kappa shape index (κ1) is 67.8. The number of nitrogen functional groups attached to an aromatic ring is 1. The van der Waals surface area contributed by atoms with Crippen LogP contribution in [0.5, 0.6) is 0 Å². The van der Waals surface area contributed by atoms with Crippen LogP contribution in [0.2, 0.25) is 0 Å². The van der Waals surface area contributed by atoms with Gasteiger partial charge in [-0.25, -0.2) is 28.6 Å². The van der Waals surface area contributed by atoms with E-state index in [-0.39, 0.29) is 28.3 Å². The number of nitrogens with one attached hydrogen (secondary N) is 3. The number of methoxy groups -OCH3 is 3. The van der Waals surface area contributed by atoms with Crippen molar-refractivity contribution in [3.8, 4) is 11.6 Å². The van der Waals surface area contributed by atoms with Gasteiger partial charge in [-0.05, 0) is 106 Å². The average Bonchev–Trinajstić information content (AvgIpc) is 3.93. The van der Waals surface area contributed by atoms with E-state index in [2.05, 4.69) is 102 Å². The summed E-state index contributed by atoms with van der Waals surface area (Å²) in [6.45, 7) is 22.1. The van der Waals surface area contributed by atoms with Gasteiger partial charge in [-0.1, -0.05) is 77.4 Å². The molecule has 0 aliphatic heterocycles. The van der Waals surface area contributed by atoms with Crippen LogP contribution in [0.15, 0.2) is 107 Å². The Morgan fingerprint density at radius 3 is 1.40 bits per heavy atom. The SMILES string of the molecule is CCN(CC)CC.CCN(CC)CC.COC(=O)C(=O)Cl.COC(=O)C(=O)NNC(=O)c1ccccn1.COC(=O)c1nnc(-c2ccccn2)o1.Cc1ccc(S(=O)(=O)Cl)cc1.NNC(=O)c1ccccn1. The van der Waals surface area contributed by atoms with E-state index in [9.17, 15) is 42.0 Å². The lowest BCUT2D eigenvalue weighted by Gasteiger charge is -2.13. The third kappa shape index (κ3) is 30.9. The molecule has 27 heteroatoms. The Labute approximate surface area is 434 Å². The van der Waals surface area contributed by atoms with Crippen molar-refractivity contribution in [1.82, 2.24) is 51.2 Å². The van der Waals surface area contributed by atoms with Gasteiger partial charge in [-0.15, -0.1) is 10.2 Å². The predicted molar refractivity (Wildman–Crippen MR) is 271 cm³/mol. The van der Waals surface area contributed by atoms with Crippen molar-refractivity contribution in [2.75, 3.05) is 60.6 Å². The van der Waals surface area contributed by atoms with E-state index < -0.39 is 44.0 Å². The Kier molecular flexibility index (Phi) is 37.4. The molecular formula is C46H63Cl2N11O13S. The fourth-order valence-corrected chi connectivity index (χ4v) is 5.34. The molecule has 3 amide bonds. The monoisotopic (exact) mass is 1080 g/mol. The Bertz CT molecular complexity index is 2450. The van der Waals surface area contributed by atoms with Gasteiger partial charge < -0.3 is 28.4 Å². The van der Waals surface area contributed by atoms with Crippen molar-refractivity contribution >= 4 is 72.2 Å². The Morgan fingerprint density at radius 2 is 1.07 bits per heavy atom. The molecule has 0 saturated carbocycles. The minimum absolute atomic E-state index is 0.118. The number of aryl methyl sites for hydroxylation is 1. The summed E-state index contributed by atoms with van der Waals surface area (Å²) in [5.41, 5.74) is 7.84. The minimum Gasteiger partial charge on any atom is -0.462 e. The van der Waals surface area contributed by atoms with Gasteiger partial charge in [0.25, 0.3) is 26.8 Å². The standard InChI is InChI=1S/C9H9N3O4.C9H7N3O3.C7H7ClO2S.C6H7N3O.2C6H15N.C3H3ClO3/c1-16-9(15)8(14)12-11-7(13)6-4-2-3-5-10-6;1-14-9(13)8-12-11-7(15-8)6-4-2-3-5-10-6;1-6-2-4-7(5-3-6)11(8,9)10;7-9-6(10)5-3-1-2-4-8-5;2*1-4-7(5-2)6-3;1-7-3(6)2(4)5/h2-5H,1H3,(H,11,13)(H,12,14);2-5H,1H3;2-5H,1H3;1-4H,7H2,(H,9,10);2*4-6H2,1-3H3;1H3. The van der Waals surface area contributed by atoms with Crippen LogP contribution in [0, 0.1) is 6.92 Å². The smallest absolute Gasteiger partial charge is 0.398 e. The number of amides is 3. The second-order valence-corrected chi connectivity index (χ2v) is 16.1. The summed E-state index contributed by atoms with van der Waals surface area (Å²) in [5.74, 6) is 0.0238. The van der Waals surface area contributed by atoms with E-state index in [4.69, 9.17) is 20.9 Å². The Balaban J connectivity index is 0. The number of carbonyl (C=O) groups is 7. The topological polar surface area (TPSA) is 327 Å². The number of hydrogen-bond donors (Lipinski definition) is 4. The van der Waals surface area contributed by atoms with Gasteiger partial charge >= 0.3 is 34.9 Å². The second-order valence-electron chi connectivity index (χ2n) is 13.2. The maximum atomic E-state index is 11.3. The molecule has 73 heavy (non-hydrogen) atoms. The van der Waals surface area contributed by atoms with E-state index >= 15 is 0 Å².